The lowest BCUT2D eigenvalue weighted by Crippen LogP contribution is -2.36. The lowest BCUT2D eigenvalue weighted by atomic mass is 9.87. The van der Waals surface area contributed by atoms with Gasteiger partial charge in [0.25, 0.3) is 0 Å². The van der Waals surface area contributed by atoms with E-state index >= 15 is 0 Å². The molecule has 23 heavy (non-hydrogen) atoms. The first-order valence-electron chi connectivity index (χ1n) is 7.26. The molecule has 1 aliphatic heterocycles. The fraction of sp³-hybridized carbons (Fsp3) is 0.438. The molecule has 7 heteroatoms. The first kappa shape index (κ1) is 16.8. The van der Waals surface area contributed by atoms with Gasteiger partial charge in [0, 0.05) is 5.56 Å². The van der Waals surface area contributed by atoms with Gasteiger partial charge in [-0.15, -0.1) is 0 Å². The van der Waals surface area contributed by atoms with Crippen molar-refractivity contribution in [2.45, 2.75) is 19.8 Å². The summed E-state index contributed by atoms with van der Waals surface area (Å²) in [5.74, 6) is -4.07. The van der Waals surface area contributed by atoms with Gasteiger partial charge in [0.2, 0.25) is 0 Å². The number of carbonyl (C=O) groups is 3. The van der Waals surface area contributed by atoms with Gasteiger partial charge >= 0.3 is 17.9 Å². The highest BCUT2D eigenvalue weighted by molar-refractivity contribution is 6.03. The summed E-state index contributed by atoms with van der Waals surface area (Å²) in [5, 5.41) is 0. The van der Waals surface area contributed by atoms with Crippen LogP contribution in [-0.4, -0.2) is 38.2 Å². The molecule has 0 aromatic heterocycles. The maximum absolute atomic E-state index is 12.2. The Balaban J connectivity index is 2.44. The molecule has 7 nitrogen and oxygen atoms in total. The third-order valence-corrected chi connectivity index (χ3v) is 3.43. The van der Waals surface area contributed by atoms with E-state index in [1.54, 1.807) is 32.0 Å². The number of methoxy groups -OCH3 is 1. The zero-order chi connectivity index (χ0) is 17.0. The van der Waals surface area contributed by atoms with Crippen LogP contribution in [0.4, 0.5) is 0 Å². The average molecular weight is 322 g/mol. The van der Waals surface area contributed by atoms with Crippen molar-refractivity contribution in [3.8, 4) is 11.5 Å². The molecule has 0 fully saturated rings. The Bertz CT molecular complexity index is 605. The summed E-state index contributed by atoms with van der Waals surface area (Å²) in [6.45, 7) is 3.40. The van der Waals surface area contributed by atoms with Crippen molar-refractivity contribution in [3.63, 3.8) is 0 Å². The summed E-state index contributed by atoms with van der Waals surface area (Å²) < 4.78 is 20.1. The number of hydrogen-bond acceptors (Lipinski definition) is 7. The van der Waals surface area contributed by atoms with Crippen LogP contribution in [0.2, 0.25) is 0 Å². The van der Waals surface area contributed by atoms with Gasteiger partial charge in [-0.25, -0.2) is 0 Å². The first-order chi connectivity index (χ1) is 11.0. The molecular formula is C16H18O7. The van der Waals surface area contributed by atoms with Gasteiger partial charge in [-0.2, -0.15) is 0 Å². The maximum atomic E-state index is 12.2. The van der Waals surface area contributed by atoms with Crippen LogP contribution in [0.25, 0.3) is 0 Å². The van der Waals surface area contributed by atoms with Gasteiger partial charge in [0.15, 0.2) is 5.92 Å². The van der Waals surface area contributed by atoms with Gasteiger partial charge in [-0.1, -0.05) is 0 Å². The summed E-state index contributed by atoms with van der Waals surface area (Å²) >= 11 is 0. The van der Waals surface area contributed by atoms with E-state index in [0.29, 0.717) is 17.1 Å². The Morgan fingerprint density at radius 1 is 1.17 bits per heavy atom. The van der Waals surface area contributed by atoms with Crippen molar-refractivity contribution in [1.29, 1.82) is 0 Å². The Morgan fingerprint density at radius 3 is 2.30 bits per heavy atom. The van der Waals surface area contributed by atoms with E-state index in [9.17, 15) is 14.4 Å². The molecule has 0 amide bonds. The number of fused-ring (bicyclic) bond motifs is 1. The predicted molar refractivity (Wildman–Crippen MR) is 78.1 cm³/mol. The summed E-state index contributed by atoms with van der Waals surface area (Å²) in [6.07, 6.45) is 0. The van der Waals surface area contributed by atoms with E-state index < -0.39 is 29.7 Å². The highest BCUT2D eigenvalue weighted by atomic mass is 16.6. The molecule has 0 spiro atoms. The minimum atomic E-state index is -1.41. The molecule has 124 valence electrons. The van der Waals surface area contributed by atoms with Crippen LogP contribution in [0.15, 0.2) is 18.2 Å². The SMILES string of the molecule is CCOC(=O)C(C(=O)OCC)C1C(=O)Oc2ccc(OC)cc21. The predicted octanol–water partition coefficient (Wildman–Crippen LogP) is 1.44. The van der Waals surface area contributed by atoms with Crippen molar-refractivity contribution < 1.29 is 33.3 Å². The molecule has 1 heterocycles. The molecule has 1 aromatic rings. The summed E-state index contributed by atoms with van der Waals surface area (Å²) in [6, 6.07) is 4.74. The zero-order valence-electron chi connectivity index (χ0n) is 13.2. The molecule has 2 rings (SSSR count). The molecule has 1 aliphatic rings. The third-order valence-electron chi connectivity index (χ3n) is 3.43. The van der Waals surface area contributed by atoms with Crippen molar-refractivity contribution in [2.24, 2.45) is 5.92 Å². The van der Waals surface area contributed by atoms with E-state index in [4.69, 9.17) is 18.9 Å². The van der Waals surface area contributed by atoms with Gasteiger partial charge in [0.1, 0.15) is 17.4 Å². The second kappa shape index (κ2) is 7.13. The second-order valence-corrected chi connectivity index (χ2v) is 4.78. The average Bonchev–Trinajstić information content (AvgIpc) is 2.84. The van der Waals surface area contributed by atoms with Crippen molar-refractivity contribution in [3.05, 3.63) is 23.8 Å². The molecule has 1 unspecified atom stereocenters. The molecular weight excluding hydrogens is 304 g/mol. The summed E-state index contributed by atoms with van der Waals surface area (Å²) in [4.78, 5) is 36.6. The molecule has 0 radical (unpaired) electrons. The number of esters is 3. The Kier molecular flexibility index (Phi) is 5.20. The Labute approximate surface area is 133 Å². The molecule has 0 aliphatic carbocycles. The van der Waals surface area contributed by atoms with Crippen LogP contribution >= 0.6 is 0 Å². The minimum absolute atomic E-state index is 0.0848. The largest absolute Gasteiger partial charge is 0.497 e. The van der Waals surface area contributed by atoms with Gasteiger partial charge < -0.3 is 18.9 Å². The number of hydrogen-bond donors (Lipinski definition) is 0. The molecule has 0 saturated carbocycles. The van der Waals surface area contributed by atoms with Crippen LogP contribution in [0.1, 0.15) is 25.3 Å². The summed E-state index contributed by atoms with van der Waals surface area (Å²) in [7, 11) is 1.47. The topological polar surface area (TPSA) is 88.1 Å². The number of rotatable bonds is 6. The number of benzene rings is 1. The highest BCUT2D eigenvalue weighted by Crippen LogP contribution is 2.42. The molecule has 1 atom stereocenters. The van der Waals surface area contributed by atoms with E-state index in [1.807, 2.05) is 0 Å². The fourth-order valence-electron chi connectivity index (χ4n) is 2.44. The van der Waals surface area contributed by atoms with Crippen LogP contribution in [0, 0.1) is 5.92 Å². The standard InChI is InChI=1S/C16H18O7/c1-4-21-14(17)13(15(18)22-5-2)12-10-8-9(20-3)6-7-11(10)23-16(12)19/h6-8,12-13H,4-5H2,1-3H3. The summed E-state index contributed by atoms with van der Waals surface area (Å²) in [5.41, 5.74) is 0.403. The monoisotopic (exact) mass is 322 g/mol. The van der Waals surface area contributed by atoms with E-state index in [1.165, 1.54) is 7.11 Å². The maximum Gasteiger partial charge on any atom is 0.321 e. The van der Waals surface area contributed by atoms with Crippen LogP contribution in [-0.2, 0) is 23.9 Å². The van der Waals surface area contributed by atoms with Crippen LogP contribution in [0.5, 0.6) is 11.5 Å². The Morgan fingerprint density at radius 2 is 1.78 bits per heavy atom. The minimum Gasteiger partial charge on any atom is -0.497 e. The molecule has 1 aromatic carbocycles. The van der Waals surface area contributed by atoms with Crippen LogP contribution < -0.4 is 9.47 Å². The van der Waals surface area contributed by atoms with Gasteiger partial charge in [-0.05, 0) is 32.0 Å². The lowest BCUT2D eigenvalue weighted by molar-refractivity contribution is -0.165. The third kappa shape index (κ3) is 3.28. The lowest BCUT2D eigenvalue weighted by Gasteiger charge is -2.18. The van der Waals surface area contributed by atoms with E-state index in [2.05, 4.69) is 0 Å². The number of carbonyl (C=O) groups excluding carboxylic acids is 3. The fourth-order valence-corrected chi connectivity index (χ4v) is 2.44. The van der Waals surface area contributed by atoms with E-state index in [0.717, 1.165) is 0 Å². The molecule has 0 N–H and O–H groups in total. The normalized spacial score (nSPS) is 15.8. The second-order valence-electron chi connectivity index (χ2n) is 4.78. The molecule has 0 bridgehead atoms. The van der Waals surface area contributed by atoms with Crippen LogP contribution in [0.3, 0.4) is 0 Å². The van der Waals surface area contributed by atoms with E-state index in [-0.39, 0.29) is 13.2 Å². The molecule has 0 saturated heterocycles. The van der Waals surface area contributed by atoms with Crippen molar-refractivity contribution in [1.82, 2.24) is 0 Å². The van der Waals surface area contributed by atoms with Crippen molar-refractivity contribution >= 4 is 17.9 Å². The Hall–Kier alpha value is -2.57. The first-order valence-corrected chi connectivity index (χ1v) is 7.26. The zero-order valence-corrected chi connectivity index (χ0v) is 13.2. The quantitative estimate of drug-likeness (QED) is 0.445. The van der Waals surface area contributed by atoms with Gasteiger partial charge in [0.05, 0.1) is 20.3 Å². The van der Waals surface area contributed by atoms with Gasteiger partial charge in [-0.3, -0.25) is 14.4 Å². The smallest absolute Gasteiger partial charge is 0.321 e. The number of ether oxygens (including phenoxy) is 4. The highest BCUT2D eigenvalue weighted by Gasteiger charge is 2.48. The van der Waals surface area contributed by atoms with Crippen molar-refractivity contribution in [2.75, 3.05) is 20.3 Å².